The van der Waals surface area contributed by atoms with E-state index in [-0.39, 0.29) is 30.9 Å². The number of rotatable bonds is 7. The maximum atomic E-state index is 12.6. The second-order valence-corrected chi connectivity index (χ2v) is 7.63. The first-order valence-corrected chi connectivity index (χ1v) is 9.97. The van der Waals surface area contributed by atoms with Gasteiger partial charge in [0.1, 0.15) is 0 Å². The Morgan fingerprint density at radius 1 is 0.906 bits per heavy atom. The van der Waals surface area contributed by atoms with Gasteiger partial charge in [0.25, 0.3) is 11.8 Å². The van der Waals surface area contributed by atoms with E-state index in [0.717, 1.165) is 11.1 Å². The Hall–Kier alpha value is -3.18. The number of amides is 2. The molecular formula is C20H20B2N2O8. The van der Waals surface area contributed by atoms with Crippen LogP contribution in [-0.4, -0.2) is 59.8 Å². The summed E-state index contributed by atoms with van der Waals surface area (Å²) in [6, 6.07) is 8.63. The van der Waals surface area contributed by atoms with Gasteiger partial charge >= 0.3 is 20.2 Å². The Kier molecular flexibility index (Phi) is 6.28. The van der Waals surface area contributed by atoms with Crippen molar-refractivity contribution in [3.05, 3.63) is 58.7 Å². The first-order chi connectivity index (χ1) is 15.3. The van der Waals surface area contributed by atoms with Crippen LogP contribution in [-0.2, 0) is 27.3 Å². The molecule has 0 unspecified atom stereocenters. The van der Waals surface area contributed by atoms with E-state index in [0.29, 0.717) is 10.9 Å². The highest BCUT2D eigenvalue weighted by molar-refractivity contribution is 6.62. The van der Waals surface area contributed by atoms with Gasteiger partial charge in [-0.15, -0.1) is 0 Å². The molecule has 2 aromatic carbocycles. The number of fused-ring (bicyclic) bond motifs is 2. The van der Waals surface area contributed by atoms with Crippen molar-refractivity contribution in [3.63, 3.8) is 0 Å². The fourth-order valence-electron chi connectivity index (χ4n) is 3.68. The standard InChI is InChI=1S/C20H20B2N2O8/c25-18(26)7-15(24-20(28)12-2-4-14-10-32-22(30)17(14)6-12)8-23-19(27)11-1-3-13-9-31-21(29)16(13)5-11/h1-6,15,29-30H,7-10H2,(H,23,27)(H,24,28)(H,25,26)/t15-/m1/s1. The van der Waals surface area contributed by atoms with Gasteiger partial charge in [0.2, 0.25) is 0 Å². The molecule has 164 valence electrons. The van der Waals surface area contributed by atoms with Crippen LogP contribution >= 0.6 is 0 Å². The molecular weight excluding hydrogens is 418 g/mol. The van der Waals surface area contributed by atoms with Gasteiger partial charge in [-0.3, -0.25) is 14.4 Å². The molecule has 2 aliphatic rings. The summed E-state index contributed by atoms with van der Waals surface area (Å²) < 4.78 is 10.2. The normalized spacial score (nSPS) is 15.2. The van der Waals surface area contributed by atoms with Crippen molar-refractivity contribution in [1.82, 2.24) is 10.6 Å². The van der Waals surface area contributed by atoms with Crippen LogP contribution in [0.15, 0.2) is 36.4 Å². The average Bonchev–Trinajstić information content (AvgIpc) is 3.33. The Labute approximate surface area is 183 Å². The Balaban J connectivity index is 1.41. The van der Waals surface area contributed by atoms with Crippen LogP contribution in [0.4, 0.5) is 0 Å². The van der Waals surface area contributed by atoms with E-state index in [4.69, 9.17) is 9.31 Å². The molecule has 4 rings (SSSR count). The number of benzene rings is 2. The average molecular weight is 438 g/mol. The number of carboxylic acid groups (broad SMARTS) is 1. The van der Waals surface area contributed by atoms with Crippen LogP contribution in [0.5, 0.6) is 0 Å². The highest BCUT2D eigenvalue weighted by Gasteiger charge is 2.29. The molecule has 0 radical (unpaired) electrons. The fourth-order valence-corrected chi connectivity index (χ4v) is 3.68. The Morgan fingerprint density at radius 3 is 1.97 bits per heavy atom. The molecule has 0 saturated carbocycles. The lowest BCUT2D eigenvalue weighted by atomic mass is 9.78. The van der Waals surface area contributed by atoms with Crippen molar-refractivity contribution < 1.29 is 38.8 Å². The second kappa shape index (κ2) is 9.13. The first kappa shape index (κ1) is 22.0. The van der Waals surface area contributed by atoms with Gasteiger partial charge in [0.15, 0.2) is 0 Å². The largest absolute Gasteiger partial charge is 0.491 e. The molecule has 1 atom stereocenters. The van der Waals surface area contributed by atoms with Gasteiger partial charge in [0.05, 0.1) is 25.7 Å². The molecule has 0 aliphatic carbocycles. The fraction of sp³-hybridized carbons (Fsp3) is 0.250. The molecule has 5 N–H and O–H groups in total. The van der Waals surface area contributed by atoms with Crippen LogP contribution in [0.25, 0.3) is 0 Å². The quantitative estimate of drug-likeness (QED) is 0.315. The van der Waals surface area contributed by atoms with Crippen molar-refractivity contribution in [2.75, 3.05) is 6.54 Å². The molecule has 2 aromatic rings. The predicted octanol–water partition coefficient (Wildman–Crippen LogP) is -1.87. The maximum absolute atomic E-state index is 12.6. The van der Waals surface area contributed by atoms with Crippen molar-refractivity contribution in [2.24, 2.45) is 0 Å². The van der Waals surface area contributed by atoms with E-state index in [1.165, 1.54) is 12.1 Å². The summed E-state index contributed by atoms with van der Waals surface area (Å²) in [7, 11) is -2.20. The smallest absolute Gasteiger partial charge is 0.481 e. The van der Waals surface area contributed by atoms with Crippen molar-refractivity contribution >= 4 is 42.9 Å². The van der Waals surface area contributed by atoms with E-state index in [9.17, 15) is 29.5 Å². The number of carbonyl (C=O) groups excluding carboxylic acids is 2. The zero-order valence-corrected chi connectivity index (χ0v) is 16.9. The Bertz CT molecular complexity index is 1080. The molecule has 32 heavy (non-hydrogen) atoms. The number of hydrogen-bond acceptors (Lipinski definition) is 7. The Morgan fingerprint density at radius 2 is 1.44 bits per heavy atom. The summed E-state index contributed by atoms with van der Waals surface area (Å²) >= 11 is 0. The van der Waals surface area contributed by atoms with Gasteiger partial charge < -0.3 is 35.1 Å². The highest BCUT2D eigenvalue weighted by atomic mass is 16.5. The van der Waals surface area contributed by atoms with Gasteiger partial charge in [-0.05, 0) is 46.3 Å². The monoisotopic (exact) mass is 438 g/mol. The molecule has 2 heterocycles. The van der Waals surface area contributed by atoms with Gasteiger partial charge in [0, 0.05) is 17.7 Å². The lowest BCUT2D eigenvalue weighted by Crippen LogP contribution is -2.45. The zero-order valence-electron chi connectivity index (χ0n) is 16.9. The third-order valence-electron chi connectivity index (χ3n) is 5.41. The summed E-state index contributed by atoms with van der Waals surface area (Å²) in [4.78, 5) is 36.4. The number of hydrogen-bond donors (Lipinski definition) is 5. The number of nitrogens with one attached hydrogen (secondary N) is 2. The predicted molar refractivity (Wildman–Crippen MR) is 114 cm³/mol. The van der Waals surface area contributed by atoms with E-state index < -0.39 is 44.5 Å². The third kappa shape index (κ3) is 4.68. The molecule has 10 nitrogen and oxygen atoms in total. The first-order valence-electron chi connectivity index (χ1n) is 9.97. The summed E-state index contributed by atoms with van der Waals surface area (Å²) in [5.74, 6) is -2.15. The molecule has 2 aliphatic heterocycles. The summed E-state index contributed by atoms with van der Waals surface area (Å²) in [6.45, 7) is 0.387. The number of aliphatic carboxylic acids is 1. The van der Waals surface area contributed by atoms with Gasteiger partial charge in [-0.2, -0.15) is 0 Å². The summed E-state index contributed by atoms with van der Waals surface area (Å²) in [6.07, 6.45) is -0.403. The van der Waals surface area contributed by atoms with Crippen molar-refractivity contribution in [2.45, 2.75) is 25.7 Å². The van der Waals surface area contributed by atoms with Crippen LogP contribution in [0.2, 0.25) is 0 Å². The zero-order chi connectivity index (χ0) is 22.8. The summed E-state index contributed by atoms with van der Waals surface area (Å²) in [5.41, 5.74) is 3.08. The molecule has 0 bridgehead atoms. The highest BCUT2D eigenvalue weighted by Crippen LogP contribution is 2.13. The molecule has 0 aromatic heterocycles. The van der Waals surface area contributed by atoms with Crippen LogP contribution in [0.3, 0.4) is 0 Å². The van der Waals surface area contributed by atoms with Crippen LogP contribution in [0, 0.1) is 0 Å². The lowest BCUT2D eigenvalue weighted by molar-refractivity contribution is -0.137. The van der Waals surface area contributed by atoms with E-state index in [1.54, 1.807) is 24.3 Å². The lowest BCUT2D eigenvalue weighted by Gasteiger charge is -2.18. The summed E-state index contributed by atoms with van der Waals surface area (Å²) in [5, 5.41) is 34.0. The molecule has 0 spiro atoms. The minimum atomic E-state index is -1.14. The van der Waals surface area contributed by atoms with E-state index in [2.05, 4.69) is 10.6 Å². The van der Waals surface area contributed by atoms with E-state index >= 15 is 0 Å². The number of carboxylic acids is 1. The molecule has 0 fully saturated rings. The van der Waals surface area contributed by atoms with Gasteiger partial charge in [-0.1, -0.05) is 12.1 Å². The van der Waals surface area contributed by atoms with Crippen LogP contribution in [0.1, 0.15) is 38.3 Å². The third-order valence-corrected chi connectivity index (χ3v) is 5.41. The van der Waals surface area contributed by atoms with Crippen molar-refractivity contribution in [1.29, 1.82) is 0 Å². The maximum Gasteiger partial charge on any atom is 0.491 e. The van der Waals surface area contributed by atoms with Crippen LogP contribution < -0.4 is 21.6 Å². The molecule has 12 heteroatoms. The molecule has 2 amide bonds. The minimum absolute atomic E-state index is 0.121. The SMILES string of the molecule is O=C(O)C[C@H](CNC(=O)c1ccc2c(c1)B(O)OC2)NC(=O)c1ccc2c(c1)B(O)OC2. The van der Waals surface area contributed by atoms with E-state index in [1.807, 2.05) is 0 Å². The topological polar surface area (TPSA) is 154 Å². The van der Waals surface area contributed by atoms with Crippen molar-refractivity contribution in [3.8, 4) is 0 Å². The second-order valence-electron chi connectivity index (χ2n) is 7.63. The number of carbonyl (C=O) groups is 3. The van der Waals surface area contributed by atoms with Gasteiger partial charge in [-0.25, -0.2) is 0 Å². The minimum Gasteiger partial charge on any atom is -0.481 e. The molecule has 0 saturated heterocycles.